The molecule has 0 heterocycles. The molecular weight excluding hydrogens is 193 g/mol. The SMILES string of the molecule is C=[C]c1ccc(C)c(OC(F)(F)F)c1. The molecule has 0 saturated heterocycles. The molecule has 0 bridgehead atoms. The minimum Gasteiger partial charge on any atom is -0.405 e. The average Bonchev–Trinajstić information content (AvgIpc) is 2.06. The molecule has 0 fully saturated rings. The Kier molecular flexibility index (Phi) is 2.84. The molecule has 0 saturated carbocycles. The Hall–Kier alpha value is -1.45. The normalized spacial score (nSPS) is 11.1. The monoisotopic (exact) mass is 201 g/mol. The molecule has 0 aliphatic heterocycles. The van der Waals surface area contributed by atoms with Gasteiger partial charge in [0.15, 0.2) is 0 Å². The van der Waals surface area contributed by atoms with E-state index in [1.807, 2.05) is 0 Å². The number of hydrogen-bond acceptors (Lipinski definition) is 1. The van der Waals surface area contributed by atoms with E-state index in [-0.39, 0.29) is 5.75 Å². The van der Waals surface area contributed by atoms with Crippen LogP contribution in [0.4, 0.5) is 13.2 Å². The summed E-state index contributed by atoms with van der Waals surface area (Å²) in [5, 5.41) is 0. The molecule has 0 N–H and O–H groups in total. The van der Waals surface area contributed by atoms with Gasteiger partial charge in [-0.25, -0.2) is 0 Å². The van der Waals surface area contributed by atoms with Gasteiger partial charge in [-0.1, -0.05) is 18.7 Å². The first-order valence-corrected chi connectivity index (χ1v) is 3.82. The molecule has 1 aromatic rings. The lowest BCUT2D eigenvalue weighted by Gasteiger charge is -2.11. The minimum absolute atomic E-state index is 0.217. The molecule has 75 valence electrons. The lowest BCUT2D eigenvalue weighted by atomic mass is 10.1. The van der Waals surface area contributed by atoms with Crippen molar-refractivity contribution in [2.24, 2.45) is 0 Å². The van der Waals surface area contributed by atoms with Gasteiger partial charge >= 0.3 is 6.36 Å². The minimum atomic E-state index is -4.66. The lowest BCUT2D eigenvalue weighted by molar-refractivity contribution is -0.274. The molecule has 14 heavy (non-hydrogen) atoms. The van der Waals surface area contributed by atoms with Crippen molar-refractivity contribution in [3.8, 4) is 5.75 Å². The Balaban J connectivity index is 3.01. The van der Waals surface area contributed by atoms with Crippen LogP contribution in [0.2, 0.25) is 0 Å². The van der Waals surface area contributed by atoms with Crippen LogP contribution in [-0.4, -0.2) is 6.36 Å². The molecule has 0 aliphatic rings. The van der Waals surface area contributed by atoms with E-state index in [1.165, 1.54) is 19.1 Å². The summed E-state index contributed by atoms with van der Waals surface area (Å²) >= 11 is 0. The fraction of sp³-hybridized carbons (Fsp3) is 0.200. The molecule has 1 radical (unpaired) electrons. The summed E-state index contributed by atoms with van der Waals surface area (Å²) in [6.45, 7) is 4.87. The highest BCUT2D eigenvalue weighted by Crippen LogP contribution is 2.26. The van der Waals surface area contributed by atoms with Gasteiger partial charge in [-0.3, -0.25) is 0 Å². The van der Waals surface area contributed by atoms with Crippen LogP contribution in [0.1, 0.15) is 11.1 Å². The van der Waals surface area contributed by atoms with Gasteiger partial charge in [0, 0.05) is 0 Å². The highest BCUT2D eigenvalue weighted by Gasteiger charge is 2.31. The predicted octanol–water partition coefficient (Wildman–Crippen LogP) is 3.23. The zero-order valence-corrected chi connectivity index (χ0v) is 7.48. The molecule has 0 spiro atoms. The van der Waals surface area contributed by atoms with Crippen LogP contribution < -0.4 is 4.74 Å². The van der Waals surface area contributed by atoms with Crippen LogP contribution in [0, 0.1) is 13.0 Å². The van der Waals surface area contributed by atoms with E-state index >= 15 is 0 Å². The van der Waals surface area contributed by atoms with Gasteiger partial charge in [0.1, 0.15) is 5.75 Å². The zero-order valence-electron chi connectivity index (χ0n) is 7.48. The molecule has 0 amide bonds. The maximum absolute atomic E-state index is 11.9. The van der Waals surface area contributed by atoms with E-state index in [0.717, 1.165) is 0 Å². The first kappa shape index (κ1) is 10.6. The van der Waals surface area contributed by atoms with Gasteiger partial charge in [-0.15, -0.1) is 13.2 Å². The summed E-state index contributed by atoms with van der Waals surface area (Å²) in [5.41, 5.74) is 0.885. The number of aryl methyl sites for hydroxylation is 1. The van der Waals surface area contributed by atoms with Gasteiger partial charge < -0.3 is 4.74 Å². The number of benzene rings is 1. The summed E-state index contributed by atoms with van der Waals surface area (Å²) in [5.74, 6) is -0.217. The van der Waals surface area contributed by atoms with Gasteiger partial charge in [-0.2, -0.15) is 0 Å². The summed E-state index contributed by atoms with van der Waals surface area (Å²) in [4.78, 5) is 0. The van der Waals surface area contributed by atoms with Crippen molar-refractivity contribution in [2.75, 3.05) is 0 Å². The first-order valence-electron chi connectivity index (χ1n) is 3.82. The van der Waals surface area contributed by atoms with Crippen molar-refractivity contribution in [3.63, 3.8) is 0 Å². The summed E-state index contributed by atoms with van der Waals surface area (Å²) < 4.78 is 39.5. The smallest absolute Gasteiger partial charge is 0.405 e. The topological polar surface area (TPSA) is 9.23 Å². The molecule has 0 aliphatic carbocycles. The summed E-state index contributed by atoms with van der Waals surface area (Å²) in [6.07, 6.45) is -2.18. The van der Waals surface area contributed by atoms with Crippen LogP contribution in [-0.2, 0) is 0 Å². The first-order chi connectivity index (χ1) is 6.42. The van der Waals surface area contributed by atoms with E-state index in [1.54, 1.807) is 6.07 Å². The highest BCUT2D eigenvalue weighted by molar-refractivity contribution is 5.38. The molecule has 1 nitrogen and oxygen atoms in total. The summed E-state index contributed by atoms with van der Waals surface area (Å²) in [7, 11) is 0. The third-order valence-electron chi connectivity index (χ3n) is 1.62. The van der Waals surface area contributed by atoms with Crippen LogP contribution in [0.15, 0.2) is 24.8 Å². The van der Waals surface area contributed by atoms with E-state index in [2.05, 4.69) is 17.4 Å². The maximum Gasteiger partial charge on any atom is 0.573 e. The van der Waals surface area contributed by atoms with Crippen LogP contribution in [0.25, 0.3) is 0 Å². The average molecular weight is 201 g/mol. The maximum atomic E-state index is 11.9. The number of hydrogen-bond donors (Lipinski definition) is 0. The number of alkyl halides is 3. The Morgan fingerprint density at radius 3 is 2.50 bits per heavy atom. The highest BCUT2D eigenvalue weighted by atomic mass is 19.4. The molecule has 0 atom stereocenters. The van der Waals surface area contributed by atoms with E-state index < -0.39 is 6.36 Å². The fourth-order valence-electron chi connectivity index (χ4n) is 0.945. The Bertz CT molecular complexity index is 342. The van der Waals surface area contributed by atoms with Gasteiger partial charge in [0.05, 0.1) is 0 Å². The van der Waals surface area contributed by atoms with Gasteiger partial charge in [0.25, 0.3) is 0 Å². The fourth-order valence-corrected chi connectivity index (χ4v) is 0.945. The number of halogens is 3. The van der Waals surface area contributed by atoms with Crippen molar-refractivity contribution in [2.45, 2.75) is 13.3 Å². The van der Waals surface area contributed by atoms with E-state index in [0.29, 0.717) is 11.1 Å². The lowest BCUT2D eigenvalue weighted by Crippen LogP contribution is -2.17. The standard InChI is InChI=1S/C10H8F3O/c1-3-8-5-4-7(2)9(6-8)14-10(11,12)13/h4-6H,1H2,2H3. The molecule has 1 aromatic carbocycles. The number of ether oxygens (including phenoxy) is 1. The zero-order chi connectivity index (χ0) is 10.8. The predicted molar refractivity (Wildman–Crippen MR) is 45.8 cm³/mol. The Labute approximate surface area is 79.8 Å². The van der Waals surface area contributed by atoms with Crippen molar-refractivity contribution < 1.29 is 17.9 Å². The Morgan fingerprint density at radius 1 is 1.36 bits per heavy atom. The van der Waals surface area contributed by atoms with Crippen molar-refractivity contribution in [1.82, 2.24) is 0 Å². The van der Waals surface area contributed by atoms with Crippen molar-refractivity contribution in [1.29, 1.82) is 0 Å². The second-order valence-corrected chi connectivity index (χ2v) is 2.70. The van der Waals surface area contributed by atoms with Crippen molar-refractivity contribution >= 4 is 0 Å². The van der Waals surface area contributed by atoms with Crippen LogP contribution in [0.5, 0.6) is 5.75 Å². The van der Waals surface area contributed by atoms with Crippen LogP contribution in [0.3, 0.4) is 0 Å². The molecular formula is C10H8F3O. The third kappa shape index (κ3) is 2.80. The largest absolute Gasteiger partial charge is 0.573 e. The third-order valence-corrected chi connectivity index (χ3v) is 1.62. The van der Waals surface area contributed by atoms with E-state index in [9.17, 15) is 13.2 Å². The van der Waals surface area contributed by atoms with Crippen molar-refractivity contribution in [3.05, 3.63) is 42.0 Å². The van der Waals surface area contributed by atoms with Crippen LogP contribution >= 0.6 is 0 Å². The van der Waals surface area contributed by atoms with Gasteiger partial charge in [0.2, 0.25) is 0 Å². The summed E-state index contributed by atoms with van der Waals surface area (Å²) in [6, 6.07) is 4.38. The Morgan fingerprint density at radius 2 is 2.00 bits per heavy atom. The number of rotatable bonds is 2. The van der Waals surface area contributed by atoms with Gasteiger partial charge in [-0.05, 0) is 30.2 Å². The van der Waals surface area contributed by atoms with E-state index in [4.69, 9.17) is 0 Å². The second-order valence-electron chi connectivity index (χ2n) is 2.70. The molecule has 0 aromatic heterocycles. The second kappa shape index (κ2) is 3.74. The quantitative estimate of drug-likeness (QED) is 0.713. The molecule has 4 heteroatoms. The molecule has 1 rings (SSSR count). The molecule has 0 unspecified atom stereocenters.